The standard InChI is InChI=1S/C40H31B9F2O11S/c1-40(39(50)51,18-63(56,57)58)62-38(55)30-9-28(36(53)60-33-24(15-46)4-20(11-42)5-25(33)16-47)27(35(52)59-32-22(13-44)2-19(10-41)3-23(32)14-45)8-29(30)37(54)61-34-26(17-48)6-21(12-43)7-31(34)49/h2-9,39H,10-18H2,1H3,(H,56,57,58). The lowest BCUT2D eigenvalue weighted by atomic mass is 9.83. The molecule has 0 aliphatic heterocycles. The lowest BCUT2D eigenvalue weighted by molar-refractivity contribution is -0.0839. The molecule has 4 aromatic rings. The van der Waals surface area contributed by atoms with Gasteiger partial charge in [-0.25, -0.2) is 28.0 Å². The van der Waals surface area contributed by atoms with Crippen molar-refractivity contribution in [3.8, 4) is 17.2 Å². The lowest BCUT2D eigenvalue weighted by Gasteiger charge is -2.28. The molecule has 4 rings (SSSR count). The summed E-state index contributed by atoms with van der Waals surface area (Å²) in [6, 6.07) is 10.2. The van der Waals surface area contributed by atoms with Crippen LogP contribution in [0.4, 0.5) is 8.78 Å². The second-order valence-electron chi connectivity index (χ2n) is 14.1. The lowest BCUT2D eigenvalue weighted by Crippen LogP contribution is -2.45. The van der Waals surface area contributed by atoms with Crippen molar-refractivity contribution >= 4 is 110 Å². The zero-order valence-electron chi connectivity index (χ0n) is 34.0. The number of hydrogen-bond acceptors (Lipinski definition) is 10. The highest BCUT2D eigenvalue weighted by Gasteiger charge is 2.44. The van der Waals surface area contributed by atoms with Gasteiger partial charge in [0.05, 0.1) is 85.0 Å². The van der Waals surface area contributed by atoms with Crippen molar-refractivity contribution in [2.24, 2.45) is 0 Å². The Kier molecular flexibility index (Phi) is 17.5. The molecule has 0 bridgehead atoms. The number of esters is 4. The van der Waals surface area contributed by atoms with Crippen LogP contribution < -0.4 is 19.7 Å². The van der Waals surface area contributed by atoms with Gasteiger partial charge in [0.1, 0.15) is 30.8 Å². The van der Waals surface area contributed by atoms with Crippen LogP contribution in [-0.2, 0) is 65.4 Å². The van der Waals surface area contributed by atoms with E-state index in [1.165, 1.54) is 36.4 Å². The Morgan fingerprint density at radius 2 is 0.841 bits per heavy atom. The Morgan fingerprint density at radius 3 is 1.14 bits per heavy atom. The Morgan fingerprint density at radius 1 is 0.540 bits per heavy atom. The number of alkyl halides is 2. The second-order valence-corrected chi connectivity index (χ2v) is 15.6. The molecule has 63 heavy (non-hydrogen) atoms. The van der Waals surface area contributed by atoms with Gasteiger partial charge in [-0.3, -0.25) is 4.55 Å². The van der Waals surface area contributed by atoms with Gasteiger partial charge < -0.3 is 18.9 Å². The molecule has 1 atom stereocenters. The summed E-state index contributed by atoms with van der Waals surface area (Å²) in [5.41, 5.74) is -4.36. The maximum absolute atomic E-state index is 14.5. The molecule has 0 saturated carbocycles. The van der Waals surface area contributed by atoms with Crippen molar-refractivity contribution < 1.29 is 59.9 Å². The van der Waals surface area contributed by atoms with Crippen molar-refractivity contribution in [3.05, 3.63) is 115 Å². The Hall–Kier alpha value is -4.89. The number of benzene rings is 4. The molecule has 0 fully saturated rings. The normalized spacial score (nSPS) is 12.3. The Bertz CT molecular complexity index is 2480. The van der Waals surface area contributed by atoms with Crippen molar-refractivity contribution in [1.82, 2.24) is 0 Å². The molecular weight excluding hydrogens is 824 g/mol. The molecule has 0 spiro atoms. The first-order valence-corrected chi connectivity index (χ1v) is 20.4. The molecular formula is C40H31B9F2O11S. The molecule has 11 nitrogen and oxygen atoms in total. The highest BCUT2D eigenvalue weighted by atomic mass is 32.2. The van der Waals surface area contributed by atoms with Crippen LogP contribution in [0.25, 0.3) is 0 Å². The van der Waals surface area contributed by atoms with E-state index in [4.69, 9.17) is 89.6 Å². The fraction of sp³-hybridized carbons (Fsp3) is 0.300. The number of hydrogen-bond donors (Lipinski definition) is 1. The fourth-order valence-corrected chi connectivity index (χ4v) is 7.33. The van der Waals surface area contributed by atoms with Crippen molar-refractivity contribution in [2.75, 3.05) is 5.75 Å². The largest absolute Gasteiger partial charge is 0.448 e. The predicted molar refractivity (Wildman–Crippen MR) is 238 cm³/mol. The minimum atomic E-state index is -5.25. The number of carbonyl (C=O) groups is 4. The summed E-state index contributed by atoms with van der Waals surface area (Å²) in [4.78, 5) is 57.1. The van der Waals surface area contributed by atoms with E-state index < -0.39 is 74.0 Å². The molecule has 0 saturated heterocycles. The van der Waals surface area contributed by atoms with Crippen LogP contribution in [0.1, 0.15) is 92.9 Å². The average Bonchev–Trinajstić information content (AvgIpc) is 3.25. The average molecular weight is 855 g/mol. The monoisotopic (exact) mass is 856 g/mol. The second kappa shape index (κ2) is 21.7. The van der Waals surface area contributed by atoms with Crippen LogP contribution >= 0.6 is 0 Å². The fourth-order valence-electron chi connectivity index (χ4n) is 6.42. The van der Waals surface area contributed by atoms with Crippen LogP contribution in [0.15, 0.2) is 48.5 Å². The van der Waals surface area contributed by atoms with E-state index in [2.05, 4.69) is 0 Å². The van der Waals surface area contributed by atoms with Gasteiger partial charge in [-0.05, 0) is 46.9 Å². The predicted octanol–water partition coefficient (Wildman–Crippen LogP) is 1.55. The van der Waals surface area contributed by atoms with Crippen LogP contribution in [0.3, 0.4) is 0 Å². The molecule has 0 heterocycles. The molecule has 0 amide bonds. The van der Waals surface area contributed by atoms with E-state index in [1.807, 2.05) is 0 Å². The van der Waals surface area contributed by atoms with Gasteiger partial charge in [-0.1, -0.05) is 109 Å². The summed E-state index contributed by atoms with van der Waals surface area (Å²) in [7, 11) is 48.2. The van der Waals surface area contributed by atoms with Gasteiger partial charge in [-0.15, -0.1) is 0 Å². The highest BCUT2D eigenvalue weighted by Crippen LogP contribution is 2.33. The van der Waals surface area contributed by atoms with E-state index in [1.54, 1.807) is 0 Å². The first kappa shape index (κ1) is 50.8. The smallest absolute Gasteiger partial charge is 0.344 e. The van der Waals surface area contributed by atoms with Gasteiger partial charge in [0.2, 0.25) is 0 Å². The summed E-state index contributed by atoms with van der Waals surface area (Å²) in [5, 5.41) is 0. The number of rotatable bonds is 19. The summed E-state index contributed by atoms with van der Waals surface area (Å²) in [6.07, 6.45) is -4.78. The summed E-state index contributed by atoms with van der Waals surface area (Å²) < 4.78 is 84.2. The third-order valence-corrected chi connectivity index (χ3v) is 10.5. The summed E-state index contributed by atoms with van der Waals surface area (Å²) in [6.45, 7) is 0.489. The summed E-state index contributed by atoms with van der Waals surface area (Å²) >= 11 is 0. The molecule has 0 aliphatic carbocycles. The van der Waals surface area contributed by atoms with E-state index in [9.17, 15) is 40.9 Å². The van der Waals surface area contributed by atoms with E-state index in [-0.39, 0.29) is 101 Å². The third-order valence-electron chi connectivity index (χ3n) is 9.54. The van der Waals surface area contributed by atoms with Crippen LogP contribution in [-0.4, -0.2) is 125 Å². The molecule has 4 aromatic carbocycles. The van der Waals surface area contributed by atoms with E-state index >= 15 is 0 Å². The molecule has 1 unspecified atom stereocenters. The van der Waals surface area contributed by atoms with Crippen molar-refractivity contribution in [1.29, 1.82) is 0 Å². The zero-order valence-corrected chi connectivity index (χ0v) is 34.8. The SMILES string of the molecule is [B]Cc1cc([B])c(OC(=O)c2cc(C(=O)Oc3c(C[B])cc(C[B])cc3C[B])c(C(=O)Oc3c(C[B])cc(C[B])cc3C[B])cc2C(=O)OC(C)(CS(=O)(=O)O)C(F)F)c(C[B])c1. The van der Waals surface area contributed by atoms with E-state index in [0.717, 1.165) is 0 Å². The molecule has 0 aliphatic rings. The molecule has 1 N–H and O–H groups in total. The molecule has 18 radical (unpaired) electrons. The maximum atomic E-state index is 14.5. The van der Waals surface area contributed by atoms with Gasteiger partial charge in [-0.2, -0.15) is 8.42 Å². The molecule has 23 heteroatoms. The number of ether oxygens (including phenoxy) is 4. The molecule has 304 valence electrons. The van der Waals surface area contributed by atoms with Gasteiger partial charge in [0.25, 0.3) is 16.5 Å². The minimum Gasteiger partial charge on any atom is -0.448 e. The maximum Gasteiger partial charge on any atom is 0.344 e. The van der Waals surface area contributed by atoms with Gasteiger partial charge in [0, 0.05) is 0 Å². The van der Waals surface area contributed by atoms with Gasteiger partial charge >= 0.3 is 23.9 Å². The van der Waals surface area contributed by atoms with Crippen LogP contribution in [0.2, 0.25) is 0 Å². The first-order valence-electron chi connectivity index (χ1n) is 18.8. The van der Waals surface area contributed by atoms with Crippen molar-refractivity contribution in [2.45, 2.75) is 69.5 Å². The third kappa shape index (κ3) is 12.0. The Labute approximate surface area is 376 Å². The summed E-state index contributed by atoms with van der Waals surface area (Å²) in [5.74, 6) is -8.64. The van der Waals surface area contributed by atoms with Gasteiger partial charge in [0.15, 0.2) is 5.60 Å². The van der Waals surface area contributed by atoms with Crippen LogP contribution in [0, 0.1) is 0 Å². The van der Waals surface area contributed by atoms with Crippen molar-refractivity contribution in [3.63, 3.8) is 0 Å². The molecule has 0 aromatic heterocycles. The van der Waals surface area contributed by atoms with E-state index in [0.29, 0.717) is 35.7 Å². The van der Waals surface area contributed by atoms with Crippen LogP contribution in [0.5, 0.6) is 17.2 Å². The zero-order chi connectivity index (χ0) is 47.0. The Balaban J connectivity index is 2.08. The first-order chi connectivity index (χ1) is 29.7. The number of halogens is 2. The topological polar surface area (TPSA) is 160 Å². The number of carbonyl (C=O) groups excluding carboxylic acids is 4. The quantitative estimate of drug-likeness (QED) is 0.0632. The minimum absolute atomic E-state index is 0.000311. The highest BCUT2D eigenvalue weighted by molar-refractivity contribution is 7.85.